The van der Waals surface area contributed by atoms with Crippen LogP contribution in [0.25, 0.3) is 11.1 Å². The fraction of sp³-hybridized carbons (Fsp3) is 0.270. The first-order chi connectivity index (χ1) is 23.5. The Morgan fingerprint density at radius 3 is 1.98 bits per heavy atom. The summed E-state index contributed by atoms with van der Waals surface area (Å²) < 4.78 is 75.0. The number of rotatable bonds is 11. The monoisotopic (exact) mass is 677 g/mol. The summed E-state index contributed by atoms with van der Waals surface area (Å²) in [5.41, 5.74) is -0.0463. The van der Waals surface area contributed by atoms with Crippen LogP contribution in [0.4, 0.5) is 13.2 Å². The van der Waals surface area contributed by atoms with Gasteiger partial charge in [0, 0.05) is 19.6 Å². The zero-order valence-electron chi connectivity index (χ0n) is 26.8. The van der Waals surface area contributed by atoms with Crippen molar-refractivity contribution in [2.24, 2.45) is 0 Å². The number of ether oxygens (including phenoxy) is 5. The normalized spacial score (nSPS) is 20.6. The molecule has 9 nitrogen and oxygen atoms in total. The maximum atomic E-state index is 15.5. The van der Waals surface area contributed by atoms with Gasteiger partial charge in [-0.2, -0.15) is 8.78 Å². The van der Waals surface area contributed by atoms with E-state index in [0.717, 1.165) is 19.1 Å². The minimum atomic E-state index is -3.56. The maximum Gasteiger partial charge on any atom is 0.338 e. The van der Waals surface area contributed by atoms with Crippen molar-refractivity contribution >= 4 is 17.8 Å². The van der Waals surface area contributed by atoms with Crippen LogP contribution >= 0.6 is 0 Å². The second kappa shape index (κ2) is 15.3. The zero-order valence-corrected chi connectivity index (χ0v) is 26.8. The van der Waals surface area contributed by atoms with E-state index >= 15 is 8.78 Å². The standard InChI is InChI=1S/C37H34F3NO8/c1-22-31(45-3)32(48-34(43)24-11-6-4-7-12-24)33(49-35(44)25-13-8-5-9-14-25)36(46-22)47-28-17-18-30(37(39,40)21-41-23(2)42)29(20-28)26-15-10-16-27(38)19-26/h4-20,22,31-33,36H,21H2,1-3H3,(H,41,42)/t22-,31-,32+,33+,36-/m0/s1. The van der Waals surface area contributed by atoms with E-state index in [1.165, 1.54) is 49.6 Å². The molecule has 49 heavy (non-hydrogen) atoms. The van der Waals surface area contributed by atoms with Gasteiger partial charge < -0.3 is 29.0 Å². The lowest BCUT2D eigenvalue weighted by Crippen LogP contribution is -2.61. The number of halogens is 3. The first kappa shape index (κ1) is 35.1. The largest absolute Gasteiger partial charge is 0.461 e. The number of esters is 2. The highest BCUT2D eigenvalue weighted by Crippen LogP contribution is 2.39. The van der Waals surface area contributed by atoms with E-state index in [0.29, 0.717) is 0 Å². The van der Waals surface area contributed by atoms with Gasteiger partial charge in [-0.25, -0.2) is 14.0 Å². The molecule has 0 unspecified atom stereocenters. The van der Waals surface area contributed by atoms with Gasteiger partial charge in [-0.05, 0) is 72.6 Å². The van der Waals surface area contributed by atoms with Gasteiger partial charge in [0.05, 0.1) is 23.8 Å². The summed E-state index contributed by atoms with van der Waals surface area (Å²) >= 11 is 0. The van der Waals surface area contributed by atoms with Crippen LogP contribution in [-0.2, 0) is 29.7 Å². The van der Waals surface area contributed by atoms with Crippen LogP contribution in [0.2, 0.25) is 0 Å². The predicted molar refractivity (Wildman–Crippen MR) is 171 cm³/mol. The van der Waals surface area contributed by atoms with Crippen molar-refractivity contribution < 1.29 is 51.2 Å². The first-order valence-corrected chi connectivity index (χ1v) is 15.4. The summed E-state index contributed by atoms with van der Waals surface area (Å²) in [6.45, 7) is 1.76. The molecule has 1 heterocycles. The van der Waals surface area contributed by atoms with Crippen LogP contribution in [0.3, 0.4) is 0 Å². The number of carbonyl (C=O) groups excluding carboxylic acids is 3. The Bertz CT molecular complexity index is 1770. The molecule has 4 aromatic rings. The highest BCUT2D eigenvalue weighted by molar-refractivity contribution is 5.90. The Morgan fingerprint density at radius 1 is 0.796 bits per heavy atom. The van der Waals surface area contributed by atoms with Gasteiger partial charge in [-0.3, -0.25) is 4.79 Å². The van der Waals surface area contributed by atoms with Crippen LogP contribution in [0.15, 0.2) is 103 Å². The summed E-state index contributed by atoms with van der Waals surface area (Å²) in [4.78, 5) is 38.1. The van der Waals surface area contributed by atoms with Crippen molar-refractivity contribution in [3.05, 3.63) is 126 Å². The quantitative estimate of drug-likeness (QED) is 0.184. The molecule has 0 aromatic heterocycles. The van der Waals surface area contributed by atoms with E-state index in [2.05, 4.69) is 5.32 Å². The van der Waals surface area contributed by atoms with Crippen LogP contribution < -0.4 is 10.1 Å². The van der Waals surface area contributed by atoms with Gasteiger partial charge in [-0.1, -0.05) is 48.5 Å². The molecule has 256 valence electrons. The molecule has 0 bridgehead atoms. The fourth-order valence-electron chi connectivity index (χ4n) is 5.46. The molecule has 1 N–H and O–H groups in total. The average molecular weight is 678 g/mol. The molecule has 4 aromatic carbocycles. The smallest absolute Gasteiger partial charge is 0.338 e. The molecule has 1 amide bonds. The van der Waals surface area contributed by atoms with Gasteiger partial charge in [0.2, 0.25) is 18.3 Å². The summed E-state index contributed by atoms with van der Waals surface area (Å²) in [6.07, 6.45) is -5.80. The van der Waals surface area contributed by atoms with Crippen molar-refractivity contribution in [1.29, 1.82) is 0 Å². The molecule has 5 atom stereocenters. The van der Waals surface area contributed by atoms with E-state index in [-0.39, 0.29) is 28.0 Å². The van der Waals surface area contributed by atoms with Crippen LogP contribution in [0.1, 0.15) is 40.1 Å². The summed E-state index contributed by atoms with van der Waals surface area (Å²) in [5.74, 6) is -6.38. The SMILES string of the molecule is CO[C@@H]1[C@@H](OC(=O)c2ccccc2)[C@@H](OC(=O)c2ccccc2)[C@H](Oc2ccc(C(F)(F)CNC(C)=O)c(-c3cccc(F)c3)c2)O[C@H]1C. The molecule has 0 aliphatic carbocycles. The topological polar surface area (TPSA) is 109 Å². The third kappa shape index (κ3) is 8.45. The Labute approximate surface area is 280 Å². The number of amides is 1. The molecule has 0 spiro atoms. The molecular formula is C37H34F3NO8. The molecule has 0 radical (unpaired) electrons. The third-order valence-corrected chi connectivity index (χ3v) is 7.84. The number of carbonyl (C=O) groups is 3. The molecule has 1 aliphatic heterocycles. The van der Waals surface area contributed by atoms with Crippen LogP contribution in [-0.4, -0.2) is 62.2 Å². The van der Waals surface area contributed by atoms with Gasteiger partial charge in [0.15, 0.2) is 6.10 Å². The number of hydrogen-bond acceptors (Lipinski definition) is 8. The number of methoxy groups -OCH3 is 1. The Balaban J connectivity index is 1.54. The summed E-state index contributed by atoms with van der Waals surface area (Å²) in [7, 11) is 1.39. The van der Waals surface area contributed by atoms with Crippen molar-refractivity contribution in [3.8, 4) is 16.9 Å². The molecule has 0 saturated carbocycles. The second-order valence-electron chi connectivity index (χ2n) is 11.3. The lowest BCUT2D eigenvalue weighted by molar-refractivity contribution is -0.271. The van der Waals surface area contributed by atoms with Gasteiger partial charge >= 0.3 is 11.9 Å². The lowest BCUT2D eigenvalue weighted by Gasteiger charge is -2.43. The van der Waals surface area contributed by atoms with E-state index in [9.17, 15) is 18.8 Å². The van der Waals surface area contributed by atoms with E-state index in [1.54, 1.807) is 55.5 Å². The number of benzene rings is 4. The molecule has 1 fully saturated rings. The first-order valence-electron chi connectivity index (χ1n) is 15.4. The van der Waals surface area contributed by atoms with Crippen molar-refractivity contribution in [3.63, 3.8) is 0 Å². The third-order valence-electron chi connectivity index (χ3n) is 7.84. The minimum Gasteiger partial charge on any atom is -0.461 e. The maximum absolute atomic E-state index is 15.5. The van der Waals surface area contributed by atoms with Gasteiger partial charge in [-0.15, -0.1) is 0 Å². The summed E-state index contributed by atoms with van der Waals surface area (Å²) in [5, 5.41) is 2.12. The van der Waals surface area contributed by atoms with Crippen LogP contribution in [0.5, 0.6) is 5.75 Å². The Kier molecular flexibility index (Phi) is 11.0. The molecule has 1 saturated heterocycles. The van der Waals surface area contributed by atoms with E-state index in [1.807, 2.05) is 0 Å². The van der Waals surface area contributed by atoms with Gasteiger partial charge in [0.25, 0.3) is 5.92 Å². The zero-order chi connectivity index (χ0) is 35.1. The molecule has 1 aliphatic rings. The van der Waals surface area contributed by atoms with Crippen molar-refractivity contribution in [1.82, 2.24) is 5.32 Å². The molecular weight excluding hydrogens is 643 g/mol. The average Bonchev–Trinajstić information content (AvgIpc) is 3.09. The van der Waals surface area contributed by atoms with Gasteiger partial charge in [0.1, 0.15) is 17.7 Å². The minimum absolute atomic E-state index is 0.0136. The lowest BCUT2D eigenvalue weighted by atomic mass is 9.94. The van der Waals surface area contributed by atoms with E-state index in [4.69, 9.17) is 23.7 Å². The van der Waals surface area contributed by atoms with Crippen LogP contribution in [0, 0.1) is 5.82 Å². The predicted octanol–water partition coefficient (Wildman–Crippen LogP) is 6.31. The number of hydrogen-bond donors (Lipinski definition) is 1. The highest BCUT2D eigenvalue weighted by atomic mass is 19.3. The van der Waals surface area contributed by atoms with Crippen molar-refractivity contribution in [2.75, 3.05) is 13.7 Å². The van der Waals surface area contributed by atoms with Crippen molar-refractivity contribution in [2.45, 2.75) is 50.5 Å². The highest BCUT2D eigenvalue weighted by Gasteiger charge is 2.51. The fourth-order valence-corrected chi connectivity index (χ4v) is 5.46. The summed E-state index contributed by atoms with van der Waals surface area (Å²) in [6, 6.07) is 24.9. The molecule has 5 rings (SSSR count). The molecule has 12 heteroatoms. The second-order valence-corrected chi connectivity index (χ2v) is 11.3. The number of nitrogens with one attached hydrogen (secondary N) is 1. The van der Waals surface area contributed by atoms with E-state index < -0.39 is 72.4 Å². The Morgan fingerprint density at radius 2 is 1.41 bits per heavy atom. The number of alkyl halides is 2. The Hall–Kier alpha value is -5.20.